The Balaban J connectivity index is 1.74. The molecule has 0 aliphatic heterocycles. The minimum Gasteiger partial charge on any atom is -0.497 e. The largest absolute Gasteiger partial charge is 0.497 e. The first-order chi connectivity index (χ1) is 14.0. The number of hydrogen-bond acceptors (Lipinski definition) is 4. The van der Waals surface area contributed by atoms with Crippen LogP contribution in [0.5, 0.6) is 5.75 Å². The molecule has 0 heterocycles. The van der Waals surface area contributed by atoms with Gasteiger partial charge < -0.3 is 14.8 Å². The molecule has 3 rings (SSSR count). The number of hydrogen-bond donors (Lipinski definition) is 1. The molecule has 0 aromatic heterocycles. The lowest BCUT2D eigenvalue weighted by Crippen LogP contribution is -2.26. The number of anilines is 1. The molecule has 6 heteroatoms. The maximum atomic E-state index is 12.9. The van der Waals surface area contributed by atoms with Crippen LogP contribution in [-0.2, 0) is 20.7 Å². The second kappa shape index (κ2) is 9.75. The summed E-state index contributed by atoms with van der Waals surface area (Å²) in [5.41, 5.74) is 1.91. The molecule has 5 nitrogen and oxygen atoms in total. The van der Waals surface area contributed by atoms with Gasteiger partial charge in [0.05, 0.1) is 13.5 Å². The van der Waals surface area contributed by atoms with Crippen molar-refractivity contribution >= 4 is 29.2 Å². The average Bonchev–Trinajstić information content (AvgIpc) is 2.75. The van der Waals surface area contributed by atoms with Crippen LogP contribution in [0.4, 0.5) is 5.69 Å². The fourth-order valence-corrected chi connectivity index (χ4v) is 2.85. The van der Waals surface area contributed by atoms with E-state index in [1.165, 1.54) is 0 Å². The Morgan fingerprint density at radius 3 is 2.21 bits per heavy atom. The second-order valence-corrected chi connectivity index (χ2v) is 6.74. The number of amides is 1. The van der Waals surface area contributed by atoms with E-state index < -0.39 is 18.0 Å². The van der Waals surface area contributed by atoms with E-state index in [0.717, 1.165) is 5.56 Å². The fourth-order valence-electron chi connectivity index (χ4n) is 2.72. The van der Waals surface area contributed by atoms with Crippen LogP contribution in [0.2, 0.25) is 5.02 Å². The number of halogens is 1. The first-order valence-corrected chi connectivity index (χ1v) is 9.37. The number of rotatable bonds is 7. The lowest BCUT2D eigenvalue weighted by Gasteiger charge is -2.18. The number of methoxy groups -OCH3 is 1. The normalized spacial score (nSPS) is 11.4. The zero-order valence-corrected chi connectivity index (χ0v) is 16.6. The van der Waals surface area contributed by atoms with Gasteiger partial charge in [0.25, 0.3) is 5.91 Å². The van der Waals surface area contributed by atoms with Crippen LogP contribution in [-0.4, -0.2) is 19.0 Å². The Hall–Kier alpha value is -3.31. The van der Waals surface area contributed by atoms with E-state index in [9.17, 15) is 9.59 Å². The molecule has 0 aliphatic carbocycles. The van der Waals surface area contributed by atoms with Crippen molar-refractivity contribution in [2.45, 2.75) is 12.5 Å². The molecule has 3 aromatic carbocycles. The summed E-state index contributed by atoms with van der Waals surface area (Å²) < 4.78 is 10.7. The van der Waals surface area contributed by atoms with Crippen LogP contribution in [0.3, 0.4) is 0 Å². The van der Waals surface area contributed by atoms with Crippen molar-refractivity contribution in [2.75, 3.05) is 12.4 Å². The van der Waals surface area contributed by atoms with Crippen molar-refractivity contribution in [1.29, 1.82) is 0 Å². The number of nitrogens with one attached hydrogen (secondary N) is 1. The van der Waals surface area contributed by atoms with Crippen molar-refractivity contribution < 1.29 is 19.1 Å². The molecule has 1 unspecified atom stereocenters. The van der Waals surface area contributed by atoms with Gasteiger partial charge in [0.1, 0.15) is 5.75 Å². The molecule has 0 spiro atoms. The van der Waals surface area contributed by atoms with Gasteiger partial charge in [0.15, 0.2) is 0 Å². The van der Waals surface area contributed by atoms with Gasteiger partial charge in [-0.1, -0.05) is 54.1 Å². The van der Waals surface area contributed by atoms with E-state index in [0.29, 0.717) is 22.0 Å². The molecule has 0 radical (unpaired) electrons. The minimum absolute atomic E-state index is 0.0380. The molecule has 0 saturated carbocycles. The van der Waals surface area contributed by atoms with Crippen LogP contribution >= 0.6 is 11.6 Å². The summed E-state index contributed by atoms with van der Waals surface area (Å²) in [6, 6.07) is 22.7. The van der Waals surface area contributed by atoms with Gasteiger partial charge in [-0.25, -0.2) is 0 Å². The summed E-state index contributed by atoms with van der Waals surface area (Å²) in [7, 11) is 1.57. The topological polar surface area (TPSA) is 64.6 Å². The van der Waals surface area contributed by atoms with Gasteiger partial charge in [-0.15, -0.1) is 0 Å². The molecule has 0 bridgehead atoms. The third-order valence-electron chi connectivity index (χ3n) is 4.21. The van der Waals surface area contributed by atoms with Crippen LogP contribution in [0.25, 0.3) is 0 Å². The monoisotopic (exact) mass is 409 g/mol. The summed E-state index contributed by atoms with van der Waals surface area (Å²) in [6.07, 6.45) is -1.03. The average molecular weight is 410 g/mol. The first-order valence-electron chi connectivity index (χ1n) is 8.99. The summed E-state index contributed by atoms with van der Waals surface area (Å²) in [5, 5.41) is 3.37. The van der Waals surface area contributed by atoms with E-state index >= 15 is 0 Å². The standard InChI is InChI=1S/C23H20ClNO4/c1-28-20-13-11-19(12-14-20)25-23(27)22(17-5-3-2-4-6-17)29-21(26)15-16-7-9-18(24)10-8-16/h2-14,22H,15H2,1H3,(H,25,27). The van der Waals surface area contributed by atoms with E-state index in [2.05, 4.69) is 5.32 Å². The summed E-state index contributed by atoms with van der Waals surface area (Å²) >= 11 is 5.87. The quantitative estimate of drug-likeness (QED) is 0.568. The van der Waals surface area contributed by atoms with Crippen LogP contribution < -0.4 is 10.1 Å². The lowest BCUT2D eigenvalue weighted by molar-refractivity contribution is -0.154. The summed E-state index contributed by atoms with van der Waals surface area (Å²) in [6.45, 7) is 0. The zero-order valence-electron chi connectivity index (χ0n) is 15.8. The molecule has 0 fully saturated rings. The van der Waals surface area contributed by atoms with Crippen molar-refractivity contribution in [3.05, 3.63) is 95.0 Å². The Labute approximate surface area is 174 Å². The molecular weight excluding hydrogens is 390 g/mol. The van der Waals surface area contributed by atoms with Gasteiger partial charge in [-0.2, -0.15) is 0 Å². The number of esters is 1. The Bertz CT molecular complexity index is 956. The molecule has 0 saturated heterocycles. The highest BCUT2D eigenvalue weighted by atomic mass is 35.5. The van der Waals surface area contributed by atoms with Crippen LogP contribution in [0.1, 0.15) is 17.2 Å². The van der Waals surface area contributed by atoms with Gasteiger partial charge in [0, 0.05) is 16.3 Å². The van der Waals surface area contributed by atoms with E-state index in [4.69, 9.17) is 21.1 Å². The minimum atomic E-state index is -1.07. The SMILES string of the molecule is COc1ccc(NC(=O)C(OC(=O)Cc2ccc(Cl)cc2)c2ccccc2)cc1. The van der Waals surface area contributed by atoms with Crippen LogP contribution in [0, 0.1) is 0 Å². The summed E-state index contributed by atoms with van der Waals surface area (Å²) in [4.78, 5) is 25.3. The number of benzene rings is 3. The zero-order chi connectivity index (χ0) is 20.6. The van der Waals surface area contributed by atoms with Crippen molar-refractivity contribution in [3.63, 3.8) is 0 Å². The smallest absolute Gasteiger partial charge is 0.311 e. The molecule has 1 N–H and O–H groups in total. The maximum Gasteiger partial charge on any atom is 0.311 e. The molecule has 1 amide bonds. The number of ether oxygens (including phenoxy) is 2. The van der Waals surface area contributed by atoms with Crippen molar-refractivity contribution in [1.82, 2.24) is 0 Å². The fraction of sp³-hybridized carbons (Fsp3) is 0.130. The third-order valence-corrected chi connectivity index (χ3v) is 4.46. The molecule has 148 valence electrons. The van der Waals surface area contributed by atoms with Crippen molar-refractivity contribution in [2.24, 2.45) is 0 Å². The second-order valence-electron chi connectivity index (χ2n) is 6.30. The van der Waals surface area contributed by atoms with E-state index in [-0.39, 0.29) is 6.42 Å². The van der Waals surface area contributed by atoms with E-state index in [1.54, 1.807) is 79.9 Å². The van der Waals surface area contributed by atoms with Crippen molar-refractivity contribution in [3.8, 4) is 5.75 Å². The molecule has 1 atom stereocenters. The predicted octanol–water partition coefficient (Wildman–Crippen LogP) is 4.81. The predicted molar refractivity (Wildman–Crippen MR) is 112 cm³/mol. The lowest BCUT2D eigenvalue weighted by atomic mass is 10.1. The van der Waals surface area contributed by atoms with Gasteiger partial charge in [-0.05, 0) is 42.0 Å². The Morgan fingerprint density at radius 2 is 1.59 bits per heavy atom. The van der Waals surface area contributed by atoms with E-state index in [1.807, 2.05) is 6.07 Å². The molecular formula is C23H20ClNO4. The third kappa shape index (κ3) is 5.83. The number of carbonyl (C=O) groups is 2. The maximum absolute atomic E-state index is 12.9. The Kier molecular flexibility index (Phi) is 6.87. The molecule has 3 aromatic rings. The molecule has 29 heavy (non-hydrogen) atoms. The molecule has 0 aliphatic rings. The Morgan fingerprint density at radius 1 is 0.931 bits per heavy atom. The number of carbonyl (C=O) groups excluding carboxylic acids is 2. The first kappa shape index (κ1) is 20.4. The van der Waals surface area contributed by atoms with Gasteiger partial charge in [-0.3, -0.25) is 9.59 Å². The van der Waals surface area contributed by atoms with Gasteiger partial charge in [0.2, 0.25) is 6.10 Å². The highest BCUT2D eigenvalue weighted by Gasteiger charge is 2.25. The van der Waals surface area contributed by atoms with Gasteiger partial charge >= 0.3 is 5.97 Å². The highest BCUT2D eigenvalue weighted by molar-refractivity contribution is 6.30. The highest BCUT2D eigenvalue weighted by Crippen LogP contribution is 2.22. The summed E-state index contributed by atoms with van der Waals surface area (Å²) in [5.74, 6) is -0.270. The van der Waals surface area contributed by atoms with Crippen LogP contribution in [0.15, 0.2) is 78.9 Å².